The van der Waals surface area contributed by atoms with Gasteiger partial charge in [0.25, 0.3) is 5.91 Å². The lowest BCUT2D eigenvalue weighted by molar-refractivity contribution is -0.117. The highest BCUT2D eigenvalue weighted by atomic mass is 35.5. The highest BCUT2D eigenvalue weighted by Gasteiger charge is 2.67. The molecular weight excluding hydrogens is 477 g/mol. The summed E-state index contributed by atoms with van der Waals surface area (Å²) in [5, 5.41) is 3.93. The Morgan fingerprint density at radius 3 is 2.28 bits per heavy atom. The van der Waals surface area contributed by atoms with E-state index in [1.165, 1.54) is 11.0 Å². The quantitative estimate of drug-likeness (QED) is 0.499. The van der Waals surface area contributed by atoms with Crippen LogP contribution in [0.2, 0.25) is 15.1 Å². The topological polar surface area (TPSA) is 49.4 Å². The van der Waals surface area contributed by atoms with Crippen LogP contribution in [0.3, 0.4) is 0 Å². The molecule has 2 atom stereocenters. The lowest BCUT2D eigenvalue weighted by Crippen LogP contribution is -2.26. The van der Waals surface area contributed by atoms with E-state index in [4.69, 9.17) is 58.0 Å². The monoisotopic (exact) mass is 492 g/mol. The largest absolute Gasteiger partial charge is 0.342 e. The molecule has 0 bridgehead atoms. The maximum atomic E-state index is 12.8. The summed E-state index contributed by atoms with van der Waals surface area (Å²) in [5.41, 5.74) is 1.40. The summed E-state index contributed by atoms with van der Waals surface area (Å²) in [7, 11) is 1.67. The van der Waals surface area contributed by atoms with Crippen molar-refractivity contribution < 1.29 is 9.59 Å². The van der Waals surface area contributed by atoms with Gasteiger partial charge in [-0.2, -0.15) is 0 Å². The fraction of sp³-hybridized carbons (Fsp3) is 0.300. The van der Waals surface area contributed by atoms with Crippen molar-refractivity contribution >= 4 is 75.5 Å². The van der Waals surface area contributed by atoms with Crippen LogP contribution in [-0.2, 0) is 4.79 Å². The minimum Gasteiger partial charge on any atom is -0.342 e. The Morgan fingerprint density at radius 1 is 1.07 bits per heavy atom. The van der Waals surface area contributed by atoms with Gasteiger partial charge < -0.3 is 10.2 Å². The number of benzene rings is 2. The van der Waals surface area contributed by atoms with Gasteiger partial charge in [-0.25, -0.2) is 0 Å². The number of alkyl halides is 2. The summed E-state index contributed by atoms with van der Waals surface area (Å²) in [6.07, 6.45) is 0. The van der Waals surface area contributed by atoms with Gasteiger partial charge in [-0.05, 0) is 48.9 Å². The average Bonchev–Trinajstić information content (AvgIpc) is 3.23. The van der Waals surface area contributed by atoms with E-state index in [1.807, 2.05) is 6.92 Å². The second-order valence-corrected chi connectivity index (χ2v) is 9.56. The molecule has 0 radical (unpaired) electrons. The molecule has 0 unspecified atom stereocenters. The van der Waals surface area contributed by atoms with E-state index >= 15 is 0 Å². The molecule has 1 saturated carbocycles. The Hall–Kier alpha value is -1.17. The van der Waals surface area contributed by atoms with E-state index in [-0.39, 0.29) is 11.8 Å². The number of hydrogen-bond acceptors (Lipinski definition) is 2. The first-order valence-corrected chi connectivity index (χ1v) is 10.6. The van der Waals surface area contributed by atoms with E-state index in [1.54, 1.807) is 37.4 Å². The molecule has 2 amide bonds. The highest BCUT2D eigenvalue weighted by molar-refractivity contribution is 6.53. The van der Waals surface area contributed by atoms with Crippen molar-refractivity contribution in [3.05, 3.63) is 62.6 Å². The SMILES string of the molecule is CCN(C)C(=O)c1cc(NC(=O)[C@H]2[C@H](c3cc(Cl)cc(Cl)c3)C2(Cl)Cl)ccc1Cl. The molecule has 0 heterocycles. The Labute approximate surface area is 194 Å². The molecule has 1 aliphatic carbocycles. The van der Waals surface area contributed by atoms with Gasteiger partial charge in [0, 0.05) is 35.2 Å². The van der Waals surface area contributed by atoms with Crippen LogP contribution in [0.25, 0.3) is 0 Å². The lowest BCUT2D eigenvalue weighted by Gasteiger charge is -2.16. The van der Waals surface area contributed by atoms with Crippen molar-refractivity contribution in [1.29, 1.82) is 0 Å². The summed E-state index contributed by atoms with van der Waals surface area (Å²) < 4.78 is -1.29. The molecular formula is C20H17Cl5N2O2. The first kappa shape index (κ1) is 22.5. The van der Waals surface area contributed by atoms with Crippen LogP contribution in [0.4, 0.5) is 5.69 Å². The first-order valence-electron chi connectivity index (χ1n) is 8.76. The van der Waals surface area contributed by atoms with Gasteiger partial charge in [0.05, 0.1) is 16.5 Å². The maximum absolute atomic E-state index is 12.8. The molecule has 3 rings (SSSR count). The number of hydrogen-bond donors (Lipinski definition) is 1. The second-order valence-electron chi connectivity index (χ2n) is 6.84. The molecule has 0 aromatic heterocycles. The van der Waals surface area contributed by atoms with Crippen molar-refractivity contribution in [1.82, 2.24) is 4.90 Å². The number of amides is 2. The molecule has 1 aliphatic rings. The van der Waals surface area contributed by atoms with Gasteiger partial charge in [-0.3, -0.25) is 9.59 Å². The van der Waals surface area contributed by atoms with Crippen LogP contribution in [0, 0.1) is 5.92 Å². The Bertz CT molecular complexity index is 959. The molecule has 2 aromatic carbocycles. The maximum Gasteiger partial charge on any atom is 0.255 e. The number of carbonyl (C=O) groups is 2. The molecule has 2 aromatic rings. The lowest BCUT2D eigenvalue weighted by atomic mass is 10.1. The van der Waals surface area contributed by atoms with E-state index in [2.05, 4.69) is 5.32 Å². The molecule has 154 valence electrons. The summed E-state index contributed by atoms with van der Waals surface area (Å²) in [4.78, 5) is 26.8. The van der Waals surface area contributed by atoms with Crippen LogP contribution < -0.4 is 5.32 Å². The number of rotatable bonds is 5. The molecule has 29 heavy (non-hydrogen) atoms. The molecule has 0 aliphatic heterocycles. The zero-order valence-electron chi connectivity index (χ0n) is 15.5. The van der Waals surface area contributed by atoms with Gasteiger partial charge in [0.15, 0.2) is 0 Å². The first-order chi connectivity index (χ1) is 13.6. The van der Waals surface area contributed by atoms with Gasteiger partial charge in [0.1, 0.15) is 4.33 Å². The van der Waals surface area contributed by atoms with E-state index in [0.29, 0.717) is 38.4 Å². The number of carbonyl (C=O) groups excluding carboxylic acids is 2. The Balaban J connectivity index is 1.81. The Morgan fingerprint density at radius 2 is 1.69 bits per heavy atom. The van der Waals surface area contributed by atoms with Gasteiger partial charge >= 0.3 is 0 Å². The zero-order chi connectivity index (χ0) is 21.5. The van der Waals surface area contributed by atoms with Crippen LogP contribution in [0.1, 0.15) is 28.8 Å². The smallest absolute Gasteiger partial charge is 0.255 e. The van der Waals surface area contributed by atoms with Gasteiger partial charge in [-0.1, -0.05) is 34.8 Å². The fourth-order valence-electron chi connectivity index (χ4n) is 3.16. The number of halogens is 5. The minimum absolute atomic E-state index is 0.240. The van der Waals surface area contributed by atoms with E-state index in [0.717, 1.165) is 0 Å². The summed E-state index contributed by atoms with van der Waals surface area (Å²) in [6.45, 7) is 2.38. The molecule has 1 fully saturated rings. The van der Waals surface area contributed by atoms with Crippen molar-refractivity contribution in [3.63, 3.8) is 0 Å². The Kier molecular flexibility index (Phi) is 6.62. The van der Waals surface area contributed by atoms with Crippen molar-refractivity contribution in [3.8, 4) is 0 Å². The summed E-state index contributed by atoms with van der Waals surface area (Å²) in [5.74, 6) is -1.77. The van der Waals surface area contributed by atoms with Gasteiger partial charge in [-0.15, -0.1) is 23.2 Å². The van der Waals surface area contributed by atoms with Crippen molar-refractivity contribution in [2.75, 3.05) is 18.9 Å². The molecule has 9 heteroatoms. The second kappa shape index (κ2) is 8.52. The number of anilines is 1. The molecule has 0 spiro atoms. The fourth-order valence-corrected chi connectivity index (χ4v) is 4.73. The van der Waals surface area contributed by atoms with Crippen LogP contribution in [0.15, 0.2) is 36.4 Å². The van der Waals surface area contributed by atoms with Crippen LogP contribution in [0.5, 0.6) is 0 Å². The predicted molar refractivity (Wildman–Crippen MR) is 120 cm³/mol. The number of nitrogens with one attached hydrogen (secondary N) is 1. The van der Waals surface area contributed by atoms with Gasteiger partial charge in [0.2, 0.25) is 5.91 Å². The average molecular weight is 495 g/mol. The minimum atomic E-state index is -1.29. The number of nitrogens with zero attached hydrogens (tertiary/aromatic N) is 1. The highest BCUT2D eigenvalue weighted by Crippen LogP contribution is 2.65. The molecule has 1 N–H and O–H groups in total. The van der Waals surface area contributed by atoms with Crippen molar-refractivity contribution in [2.24, 2.45) is 5.92 Å². The summed E-state index contributed by atoms with van der Waals surface area (Å²) >= 11 is 31.0. The standard InChI is InChI=1S/C20H17Cl5N2O2/c1-3-27(2)19(29)14-9-13(4-5-15(14)23)26-18(28)17-16(20(17,24)25)10-6-11(21)8-12(22)7-10/h4-9,16-17H,3H2,1-2H3,(H,26,28)/t16-,17+/m0/s1. The molecule has 4 nitrogen and oxygen atoms in total. The summed E-state index contributed by atoms with van der Waals surface area (Å²) in [6, 6.07) is 9.67. The third kappa shape index (κ3) is 4.62. The van der Waals surface area contributed by atoms with Crippen molar-refractivity contribution in [2.45, 2.75) is 17.2 Å². The van der Waals surface area contributed by atoms with E-state index in [9.17, 15) is 9.59 Å². The van der Waals surface area contributed by atoms with Crippen LogP contribution >= 0.6 is 58.0 Å². The van der Waals surface area contributed by atoms with E-state index < -0.39 is 16.2 Å². The third-order valence-corrected chi connectivity index (χ3v) is 6.57. The molecule has 0 saturated heterocycles. The zero-order valence-corrected chi connectivity index (χ0v) is 19.3. The van der Waals surface area contributed by atoms with Crippen LogP contribution in [-0.4, -0.2) is 34.6 Å². The normalized spacial score (nSPS) is 19.6. The predicted octanol–water partition coefficient (Wildman–Crippen LogP) is 6.26. The third-order valence-electron chi connectivity index (χ3n) is 4.87.